The van der Waals surface area contributed by atoms with E-state index in [1.807, 2.05) is 6.08 Å². The summed E-state index contributed by atoms with van der Waals surface area (Å²) in [5.41, 5.74) is 0. The molecule has 2 unspecified atom stereocenters. The highest BCUT2D eigenvalue weighted by atomic mass is 16.5. The molecule has 0 saturated heterocycles. The molecule has 0 heterocycles. The number of esters is 1. The zero-order chi connectivity index (χ0) is 57.8. The first-order valence-corrected chi connectivity index (χ1v) is 36.3. The van der Waals surface area contributed by atoms with E-state index in [-0.39, 0.29) is 18.5 Å². The van der Waals surface area contributed by atoms with Crippen LogP contribution in [0.3, 0.4) is 0 Å². The first-order valence-electron chi connectivity index (χ1n) is 36.3. The second kappa shape index (κ2) is 69.6. The van der Waals surface area contributed by atoms with Gasteiger partial charge in [0.15, 0.2) is 0 Å². The summed E-state index contributed by atoms with van der Waals surface area (Å²) in [7, 11) is 0. The van der Waals surface area contributed by atoms with Crippen molar-refractivity contribution in [1.82, 2.24) is 5.32 Å². The number of aliphatic hydroxyl groups excluding tert-OH is 2. The van der Waals surface area contributed by atoms with E-state index in [1.54, 1.807) is 6.08 Å². The topological polar surface area (TPSA) is 95.9 Å². The van der Waals surface area contributed by atoms with Crippen LogP contribution in [0.1, 0.15) is 399 Å². The Balaban J connectivity index is 3.39. The van der Waals surface area contributed by atoms with Crippen molar-refractivity contribution in [1.29, 1.82) is 0 Å². The fraction of sp³-hybridized carbons (Fsp3) is 0.892. The van der Waals surface area contributed by atoms with Gasteiger partial charge in [-0.05, 0) is 83.5 Å². The standard InChI is InChI=1S/C74H141NO5/c1-3-5-7-9-11-13-15-17-19-21-31-36-40-44-48-52-56-60-64-68-74(79)80-69-65-61-57-53-49-45-41-37-33-30-28-26-24-22-23-25-27-29-32-35-39-43-47-51-55-59-63-67-73(78)75-71(70-76)72(77)66-62-58-54-50-46-42-38-34-20-18-16-14-12-10-8-6-4-2/h17,19,22-23,62,66,71-72,76-77H,3-16,18,20-21,24-61,63-65,67-70H2,1-2H3,(H,75,78)/b19-17-,23-22-,66-62+. The highest BCUT2D eigenvalue weighted by molar-refractivity contribution is 5.76. The first-order chi connectivity index (χ1) is 39.5. The number of hydrogen-bond acceptors (Lipinski definition) is 5. The van der Waals surface area contributed by atoms with Gasteiger partial charge in [0.2, 0.25) is 5.91 Å². The van der Waals surface area contributed by atoms with Crippen molar-refractivity contribution < 1.29 is 24.5 Å². The van der Waals surface area contributed by atoms with Crippen LogP contribution in [0.4, 0.5) is 0 Å². The predicted octanol–water partition coefficient (Wildman–Crippen LogP) is 23.5. The summed E-state index contributed by atoms with van der Waals surface area (Å²) >= 11 is 0. The number of rotatable bonds is 68. The average Bonchev–Trinajstić information content (AvgIpc) is 3.46. The number of unbranched alkanes of at least 4 members (excludes halogenated alkanes) is 53. The van der Waals surface area contributed by atoms with Crippen molar-refractivity contribution in [3.8, 4) is 0 Å². The maximum Gasteiger partial charge on any atom is 0.305 e. The highest BCUT2D eigenvalue weighted by Crippen LogP contribution is 2.18. The lowest BCUT2D eigenvalue weighted by atomic mass is 10.0. The summed E-state index contributed by atoms with van der Waals surface area (Å²) in [4.78, 5) is 24.6. The largest absolute Gasteiger partial charge is 0.466 e. The van der Waals surface area contributed by atoms with Gasteiger partial charge in [-0.2, -0.15) is 0 Å². The van der Waals surface area contributed by atoms with E-state index in [4.69, 9.17) is 4.74 Å². The molecule has 0 aliphatic heterocycles. The van der Waals surface area contributed by atoms with E-state index >= 15 is 0 Å². The van der Waals surface area contributed by atoms with Gasteiger partial charge < -0.3 is 20.3 Å². The van der Waals surface area contributed by atoms with Crippen LogP contribution < -0.4 is 5.32 Å². The van der Waals surface area contributed by atoms with Crippen molar-refractivity contribution in [2.75, 3.05) is 13.2 Å². The maximum absolute atomic E-state index is 12.5. The quantitative estimate of drug-likeness (QED) is 0.0320. The van der Waals surface area contributed by atoms with E-state index in [1.165, 1.54) is 334 Å². The normalized spacial score (nSPS) is 12.7. The molecule has 6 heteroatoms. The third-order valence-electron chi connectivity index (χ3n) is 16.9. The Hall–Kier alpha value is -1.92. The molecule has 0 bridgehead atoms. The summed E-state index contributed by atoms with van der Waals surface area (Å²) in [5, 5.41) is 23.2. The summed E-state index contributed by atoms with van der Waals surface area (Å²) in [6.07, 6.45) is 89.4. The lowest BCUT2D eigenvalue weighted by molar-refractivity contribution is -0.143. The Morgan fingerprint density at radius 3 is 0.887 bits per heavy atom. The van der Waals surface area contributed by atoms with Gasteiger partial charge in [0.05, 0.1) is 25.4 Å². The first kappa shape index (κ1) is 78.1. The van der Waals surface area contributed by atoms with Gasteiger partial charge in [0.1, 0.15) is 0 Å². The maximum atomic E-state index is 12.5. The van der Waals surface area contributed by atoms with E-state index in [0.717, 1.165) is 38.5 Å². The molecule has 2 atom stereocenters. The molecule has 80 heavy (non-hydrogen) atoms. The monoisotopic (exact) mass is 1120 g/mol. The fourth-order valence-electron chi connectivity index (χ4n) is 11.3. The van der Waals surface area contributed by atoms with Gasteiger partial charge in [0, 0.05) is 12.8 Å². The minimum Gasteiger partial charge on any atom is -0.466 e. The molecule has 0 aromatic rings. The summed E-state index contributed by atoms with van der Waals surface area (Å²) in [5.74, 6) is -0.0512. The molecule has 1 amide bonds. The number of nitrogens with one attached hydrogen (secondary N) is 1. The van der Waals surface area contributed by atoms with Gasteiger partial charge in [-0.1, -0.05) is 339 Å². The Morgan fingerprint density at radius 1 is 0.338 bits per heavy atom. The van der Waals surface area contributed by atoms with Gasteiger partial charge in [-0.25, -0.2) is 0 Å². The number of aliphatic hydroxyl groups is 2. The van der Waals surface area contributed by atoms with Crippen molar-refractivity contribution in [3.63, 3.8) is 0 Å². The smallest absolute Gasteiger partial charge is 0.305 e. The SMILES string of the molecule is CCCCCCCC/C=C\CCCCCCCCCCCC(=O)OCCCCCCCCCCCCCC/C=C\CCCCCCCCCCCCCC(=O)NC(CO)C(O)/C=C/CCCCCCCCCCCCCCCCC. The minimum absolute atomic E-state index is 0.0149. The number of hydrogen-bond donors (Lipinski definition) is 3. The number of amides is 1. The van der Waals surface area contributed by atoms with Crippen LogP contribution in [0.15, 0.2) is 36.5 Å². The van der Waals surface area contributed by atoms with Crippen LogP contribution in [0.2, 0.25) is 0 Å². The lowest BCUT2D eigenvalue weighted by Gasteiger charge is -2.20. The number of allylic oxidation sites excluding steroid dienone is 5. The van der Waals surface area contributed by atoms with E-state index in [2.05, 4.69) is 43.5 Å². The second-order valence-corrected chi connectivity index (χ2v) is 24.9. The van der Waals surface area contributed by atoms with Gasteiger partial charge >= 0.3 is 5.97 Å². The summed E-state index contributed by atoms with van der Waals surface area (Å²) < 4.78 is 5.51. The van der Waals surface area contributed by atoms with Crippen LogP contribution in [-0.4, -0.2) is 47.4 Å². The fourth-order valence-corrected chi connectivity index (χ4v) is 11.3. The van der Waals surface area contributed by atoms with Crippen LogP contribution in [0.25, 0.3) is 0 Å². The predicted molar refractivity (Wildman–Crippen MR) is 352 cm³/mol. The molecule has 0 aliphatic carbocycles. The van der Waals surface area contributed by atoms with Crippen molar-refractivity contribution in [3.05, 3.63) is 36.5 Å². The summed E-state index contributed by atoms with van der Waals surface area (Å²) in [6.45, 7) is 4.93. The molecule has 0 rings (SSSR count). The Bertz CT molecular complexity index is 1300. The van der Waals surface area contributed by atoms with E-state index in [0.29, 0.717) is 19.4 Å². The summed E-state index contributed by atoms with van der Waals surface area (Å²) in [6, 6.07) is -0.629. The van der Waals surface area contributed by atoms with Crippen LogP contribution in [-0.2, 0) is 14.3 Å². The lowest BCUT2D eigenvalue weighted by Crippen LogP contribution is -2.45. The molecule has 3 N–H and O–H groups in total. The number of ether oxygens (including phenoxy) is 1. The van der Waals surface area contributed by atoms with Gasteiger partial charge in [0.25, 0.3) is 0 Å². The molecule has 0 aromatic carbocycles. The minimum atomic E-state index is -0.846. The highest BCUT2D eigenvalue weighted by Gasteiger charge is 2.18. The molecule has 0 aromatic heterocycles. The zero-order valence-corrected chi connectivity index (χ0v) is 54.1. The van der Waals surface area contributed by atoms with E-state index < -0.39 is 12.1 Å². The van der Waals surface area contributed by atoms with Crippen molar-refractivity contribution in [2.24, 2.45) is 0 Å². The number of carbonyl (C=O) groups excluding carboxylic acids is 2. The average molecular weight is 1120 g/mol. The Labute approximate surface area is 500 Å². The molecule has 0 fully saturated rings. The molecule has 0 aliphatic rings. The molecule has 0 saturated carbocycles. The van der Waals surface area contributed by atoms with Crippen LogP contribution in [0.5, 0.6) is 0 Å². The molecule has 472 valence electrons. The van der Waals surface area contributed by atoms with Crippen LogP contribution >= 0.6 is 0 Å². The molecule has 6 nitrogen and oxygen atoms in total. The van der Waals surface area contributed by atoms with Gasteiger partial charge in [-0.3, -0.25) is 9.59 Å². The molecular formula is C74H141NO5. The molecular weight excluding hydrogens is 983 g/mol. The third kappa shape index (κ3) is 65.2. The Morgan fingerprint density at radius 2 is 0.588 bits per heavy atom. The van der Waals surface area contributed by atoms with Crippen molar-refractivity contribution in [2.45, 2.75) is 411 Å². The Kier molecular flexibility index (Phi) is 67.9. The third-order valence-corrected chi connectivity index (χ3v) is 16.9. The zero-order valence-electron chi connectivity index (χ0n) is 54.1. The molecule has 0 radical (unpaired) electrons. The van der Waals surface area contributed by atoms with Crippen molar-refractivity contribution >= 4 is 11.9 Å². The number of carbonyl (C=O) groups is 2. The molecule has 0 spiro atoms. The van der Waals surface area contributed by atoms with Crippen LogP contribution in [0, 0.1) is 0 Å². The van der Waals surface area contributed by atoms with Gasteiger partial charge in [-0.15, -0.1) is 0 Å². The van der Waals surface area contributed by atoms with E-state index in [9.17, 15) is 19.8 Å². The second-order valence-electron chi connectivity index (χ2n) is 24.9.